The summed E-state index contributed by atoms with van der Waals surface area (Å²) in [6.45, 7) is 0. The van der Waals surface area contributed by atoms with E-state index in [-0.39, 0.29) is 5.41 Å². The Bertz CT molecular complexity index is 853. The van der Waals surface area contributed by atoms with Gasteiger partial charge in [-0.1, -0.05) is 0 Å². The highest BCUT2D eigenvalue weighted by Crippen LogP contribution is 2.73. The average molecular weight is 377 g/mol. The van der Waals surface area contributed by atoms with Crippen LogP contribution in [0.15, 0.2) is 17.0 Å². The third-order valence-electron chi connectivity index (χ3n) is 6.66. The summed E-state index contributed by atoms with van der Waals surface area (Å²) in [5.41, 5.74) is 6.35. The fourth-order valence-electron chi connectivity index (χ4n) is 5.43. The average Bonchev–Trinajstić information content (AvgIpc) is 3.30. The number of aromatic nitrogens is 3. The van der Waals surface area contributed by atoms with Gasteiger partial charge in [0.05, 0.1) is 5.41 Å². The van der Waals surface area contributed by atoms with Gasteiger partial charge in [0.25, 0.3) is 0 Å². The second kappa shape index (κ2) is 4.06. The zero-order chi connectivity index (χ0) is 16.0. The van der Waals surface area contributed by atoms with Crippen molar-refractivity contribution in [1.82, 2.24) is 14.4 Å². The first kappa shape index (κ1) is 13.8. The lowest BCUT2D eigenvalue weighted by Crippen LogP contribution is -2.50. The van der Waals surface area contributed by atoms with Gasteiger partial charge in [-0.15, -0.1) is 0 Å². The van der Waals surface area contributed by atoms with Crippen molar-refractivity contribution in [3.05, 3.63) is 22.8 Å². The summed E-state index contributed by atoms with van der Waals surface area (Å²) in [6, 6.07) is 0. The zero-order valence-electron chi connectivity index (χ0n) is 12.5. The molecule has 0 spiro atoms. The molecule has 0 saturated heterocycles. The van der Waals surface area contributed by atoms with Crippen LogP contribution in [-0.4, -0.2) is 25.4 Å². The highest BCUT2D eigenvalue weighted by Gasteiger charge is 2.72. The normalized spacial score (nSPS) is 37.8. The van der Waals surface area contributed by atoms with Crippen molar-refractivity contribution < 1.29 is 9.90 Å². The molecule has 0 aromatic carbocycles. The van der Waals surface area contributed by atoms with E-state index < -0.39 is 11.4 Å². The lowest BCUT2D eigenvalue weighted by Gasteiger charge is -2.50. The quantitative estimate of drug-likeness (QED) is 0.839. The Morgan fingerprint density at radius 2 is 2.09 bits per heavy atom. The summed E-state index contributed by atoms with van der Waals surface area (Å²) in [5, 5.41) is 9.72. The van der Waals surface area contributed by atoms with Gasteiger partial charge in [0.1, 0.15) is 15.9 Å². The molecule has 7 heteroatoms. The van der Waals surface area contributed by atoms with Crippen molar-refractivity contribution in [3.8, 4) is 0 Å². The minimum Gasteiger partial charge on any atom is -0.481 e. The van der Waals surface area contributed by atoms with Crippen LogP contribution in [0.4, 0.5) is 5.82 Å². The van der Waals surface area contributed by atoms with Crippen LogP contribution in [0.25, 0.3) is 5.52 Å². The van der Waals surface area contributed by atoms with Gasteiger partial charge in [0.15, 0.2) is 5.82 Å². The SMILES string of the molecule is Nc1nccn2c(C34CCC(C(=O)O)(CC3)C3C[C@H]34)nc(Br)c12. The zero-order valence-corrected chi connectivity index (χ0v) is 14.1. The lowest BCUT2D eigenvalue weighted by molar-refractivity contribution is -0.157. The number of anilines is 1. The van der Waals surface area contributed by atoms with Gasteiger partial charge in [-0.25, -0.2) is 9.97 Å². The maximum atomic E-state index is 11.8. The standard InChI is InChI=1S/C16H17BrN4O2/c17-11-10-12(18)19-5-6-21(10)13(20-11)15-1-3-16(4-2-15,14(22)23)9-7-8(9)15/h5-6,8-9H,1-4,7H2,(H2,18,19)(H,22,23)/t8-,9?,15?,16?/m1/s1. The van der Waals surface area contributed by atoms with Crippen molar-refractivity contribution in [2.45, 2.75) is 37.5 Å². The van der Waals surface area contributed by atoms with E-state index in [1.54, 1.807) is 6.20 Å². The van der Waals surface area contributed by atoms with Gasteiger partial charge >= 0.3 is 5.97 Å². The highest BCUT2D eigenvalue weighted by atomic mass is 79.9. The van der Waals surface area contributed by atoms with Crippen LogP contribution in [0.1, 0.15) is 37.9 Å². The van der Waals surface area contributed by atoms with Crippen LogP contribution in [0.3, 0.4) is 0 Å². The molecule has 0 amide bonds. The first-order valence-electron chi connectivity index (χ1n) is 8.01. The highest BCUT2D eigenvalue weighted by molar-refractivity contribution is 9.10. The van der Waals surface area contributed by atoms with Crippen molar-refractivity contribution in [2.75, 3.05) is 5.73 Å². The van der Waals surface area contributed by atoms with Crippen LogP contribution < -0.4 is 5.73 Å². The number of carbonyl (C=O) groups is 1. The number of nitrogen functional groups attached to an aromatic ring is 1. The molecule has 120 valence electrons. The number of nitrogens with zero attached hydrogens (tertiary/aromatic N) is 3. The minimum atomic E-state index is -0.596. The number of rotatable bonds is 2. The van der Waals surface area contributed by atoms with Crippen molar-refractivity contribution >= 4 is 33.2 Å². The monoisotopic (exact) mass is 376 g/mol. The maximum absolute atomic E-state index is 11.8. The number of hydrogen-bond donors (Lipinski definition) is 2. The summed E-state index contributed by atoms with van der Waals surface area (Å²) in [5.74, 6) is 1.65. The molecule has 4 aliphatic carbocycles. The molecule has 6 nitrogen and oxygen atoms in total. The fourth-order valence-corrected chi connectivity index (χ4v) is 6.00. The molecule has 1 unspecified atom stereocenters. The van der Waals surface area contributed by atoms with Crippen LogP contribution in [0, 0.1) is 17.3 Å². The number of carboxylic acids is 1. The number of halogens is 1. The molecular formula is C16H17BrN4O2. The summed E-state index contributed by atoms with van der Waals surface area (Å²) < 4.78 is 2.78. The Labute approximate surface area is 141 Å². The predicted molar refractivity (Wildman–Crippen MR) is 86.9 cm³/mol. The summed E-state index contributed by atoms with van der Waals surface area (Å²) in [4.78, 5) is 20.8. The second-order valence-corrected chi connectivity index (χ2v) is 8.07. The molecule has 2 heterocycles. The Morgan fingerprint density at radius 3 is 2.78 bits per heavy atom. The van der Waals surface area contributed by atoms with Crippen molar-refractivity contribution in [1.29, 1.82) is 0 Å². The molecule has 4 fully saturated rings. The largest absolute Gasteiger partial charge is 0.481 e. The number of aliphatic carboxylic acids is 1. The number of imidazole rings is 1. The summed E-state index contributed by atoms with van der Waals surface area (Å²) in [6.07, 6.45) is 7.95. The van der Waals surface area contributed by atoms with E-state index in [1.807, 2.05) is 6.20 Å². The molecule has 4 saturated carbocycles. The van der Waals surface area contributed by atoms with E-state index in [2.05, 4.69) is 25.3 Å². The number of nitrogens with two attached hydrogens (primary N) is 1. The van der Waals surface area contributed by atoms with E-state index in [4.69, 9.17) is 10.7 Å². The van der Waals surface area contributed by atoms with Gasteiger partial charge < -0.3 is 10.8 Å². The Balaban J connectivity index is 1.68. The molecule has 2 aromatic rings. The molecule has 4 aliphatic rings. The molecule has 23 heavy (non-hydrogen) atoms. The summed E-state index contributed by atoms with van der Waals surface area (Å²) >= 11 is 3.52. The van der Waals surface area contributed by atoms with Gasteiger partial charge in [0.2, 0.25) is 0 Å². The molecule has 0 aliphatic heterocycles. The van der Waals surface area contributed by atoms with Gasteiger partial charge in [-0.05, 0) is 59.9 Å². The molecular weight excluding hydrogens is 360 g/mol. The second-order valence-electron chi connectivity index (χ2n) is 7.32. The van der Waals surface area contributed by atoms with E-state index in [0.29, 0.717) is 17.7 Å². The third kappa shape index (κ3) is 1.47. The molecule has 3 N–H and O–H groups in total. The Kier molecular flexibility index (Phi) is 2.43. The molecule has 2 atom stereocenters. The van der Waals surface area contributed by atoms with E-state index >= 15 is 0 Å². The van der Waals surface area contributed by atoms with E-state index in [0.717, 1.165) is 48.0 Å². The minimum absolute atomic E-state index is 0.00933. The van der Waals surface area contributed by atoms with Crippen molar-refractivity contribution in [2.24, 2.45) is 17.3 Å². The number of carboxylic acid groups (broad SMARTS) is 1. The van der Waals surface area contributed by atoms with Gasteiger partial charge in [-0.2, -0.15) is 0 Å². The topological polar surface area (TPSA) is 93.5 Å². The Morgan fingerprint density at radius 1 is 1.35 bits per heavy atom. The molecule has 2 aromatic heterocycles. The van der Waals surface area contributed by atoms with Crippen molar-refractivity contribution in [3.63, 3.8) is 0 Å². The van der Waals surface area contributed by atoms with Crippen LogP contribution >= 0.6 is 15.9 Å². The third-order valence-corrected chi connectivity index (χ3v) is 7.21. The number of fused-ring (bicyclic) bond motifs is 3. The molecule has 2 bridgehead atoms. The van der Waals surface area contributed by atoms with Crippen LogP contribution in [0.2, 0.25) is 0 Å². The van der Waals surface area contributed by atoms with Gasteiger partial charge in [0, 0.05) is 17.8 Å². The fraction of sp³-hybridized carbons (Fsp3) is 0.562. The van der Waals surface area contributed by atoms with E-state index in [9.17, 15) is 9.90 Å². The van der Waals surface area contributed by atoms with Crippen LogP contribution in [0.5, 0.6) is 0 Å². The smallest absolute Gasteiger partial charge is 0.309 e. The predicted octanol–water partition coefficient (Wildman–Crippen LogP) is 2.61. The van der Waals surface area contributed by atoms with E-state index in [1.165, 1.54) is 0 Å². The number of hydrogen-bond acceptors (Lipinski definition) is 4. The summed E-state index contributed by atoms with van der Waals surface area (Å²) in [7, 11) is 0. The first-order valence-corrected chi connectivity index (χ1v) is 8.81. The molecule has 0 radical (unpaired) electrons. The Hall–Kier alpha value is -1.63. The van der Waals surface area contributed by atoms with Gasteiger partial charge in [-0.3, -0.25) is 9.20 Å². The lowest BCUT2D eigenvalue weighted by atomic mass is 9.53. The maximum Gasteiger partial charge on any atom is 0.309 e. The van der Waals surface area contributed by atoms with Crippen LogP contribution in [-0.2, 0) is 10.2 Å². The molecule has 6 rings (SSSR count). The first-order chi connectivity index (χ1) is 11.0.